The predicted octanol–water partition coefficient (Wildman–Crippen LogP) is 4.18. The van der Waals surface area contributed by atoms with E-state index >= 15 is 0 Å². The maximum Gasteiger partial charge on any atom is 0.162 e. The highest BCUT2D eigenvalue weighted by atomic mass is 32.2. The molecule has 2 aromatic rings. The second-order valence-corrected chi connectivity index (χ2v) is 9.84. The van der Waals surface area contributed by atoms with Gasteiger partial charge in [-0.2, -0.15) is 0 Å². The lowest BCUT2D eigenvalue weighted by molar-refractivity contribution is -0.160. The highest BCUT2D eigenvalue weighted by Gasteiger charge is 2.50. The number of hydrogen-bond donors (Lipinski definition) is 0. The van der Waals surface area contributed by atoms with Crippen LogP contribution in [0.1, 0.15) is 24.5 Å². The molecule has 33 heavy (non-hydrogen) atoms. The molecule has 0 saturated carbocycles. The normalized spacial score (nSPS) is 26.4. The molecule has 2 aromatic carbocycles. The fraction of sp³-hybridized carbons (Fsp3) is 0.462. The number of Topliss-reactive ketones (excluding diaryl/α,β-unsaturated/α-hetero) is 1. The Balaban J connectivity index is 1.46. The Labute approximate surface area is 200 Å². The first kappa shape index (κ1) is 23.8. The van der Waals surface area contributed by atoms with Crippen molar-refractivity contribution in [1.82, 2.24) is 4.90 Å². The molecule has 0 bridgehead atoms. The fourth-order valence-corrected chi connectivity index (χ4v) is 5.42. The quantitative estimate of drug-likeness (QED) is 0.579. The Morgan fingerprint density at radius 1 is 1.09 bits per heavy atom. The highest BCUT2D eigenvalue weighted by molar-refractivity contribution is 8.14. The van der Waals surface area contributed by atoms with Gasteiger partial charge in [-0.1, -0.05) is 61.2 Å². The smallest absolute Gasteiger partial charge is 0.162 e. The first-order valence-electron chi connectivity index (χ1n) is 11.3. The second-order valence-electron chi connectivity index (χ2n) is 8.77. The van der Waals surface area contributed by atoms with Gasteiger partial charge in [-0.05, 0) is 29.7 Å². The molecular formula is C26H32N2O4S. The molecule has 1 saturated heterocycles. The molecule has 5 atom stereocenters. The standard InChI is InChI=1S/C26H32N2O4S/c1-17-23(21(29)15-12-18-10-13-20(30-4)14-11-18)32-25-22(27-26(33-25)28(2)3)24(17)31-16-19-8-6-5-7-9-19/h5-11,13-14,17,22-25H,12,15-16H2,1-4H3/t17-,22-,23+,24+,25-/m1/s1. The van der Waals surface area contributed by atoms with E-state index in [-0.39, 0.29) is 29.3 Å². The number of aliphatic imine (C=N–C) groups is 1. The summed E-state index contributed by atoms with van der Waals surface area (Å²) in [7, 11) is 5.60. The van der Waals surface area contributed by atoms with Crippen molar-refractivity contribution in [2.75, 3.05) is 21.2 Å². The van der Waals surface area contributed by atoms with Gasteiger partial charge >= 0.3 is 0 Å². The van der Waals surface area contributed by atoms with Gasteiger partial charge in [-0.15, -0.1) is 0 Å². The molecule has 0 aliphatic carbocycles. The number of methoxy groups -OCH3 is 1. The van der Waals surface area contributed by atoms with Crippen LogP contribution in [0.3, 0.4) is 0 Å². The minimum atomic E-state index is -0.505. The summed E-state index contributed by atoms with van der Waals surface area (Å²) in [5, 5.41) is 0.914. The van der Waals surface area contributed by atoms with Gasteiger partial charge < -0.3 is 19.1 Å². The van der Waals surface area contributed by atoms with E-state index in [9.17, 15) is 4.79 Å². The van der Waals surface area contributed by atoms with Gasteiger partial charge in [0.25, 0.3) is 0 Å². The SMILES string of the molecule is COc1ccc(CCC(=O)[C@H]2O[C@@H]3SC(N(C)C)=N[C@@H]3[C@@H](OCc3ccccc3)[C@@H]2C)cc1. The summed E-state index contributed by atoms with van der Waals surface area (Å²) < 4.78 is 18.0. The van der Waals surface area contributed by atoms with E-state index in [2.05, 4.69) is 19.1 Å². The molecule has 1 fully saturated rings. The maximum atomic E-state index is 13.3. The van der Waals surface area contributed by atoms with Crippen LogP contribution in [0.4, 0.5) is 0 Å². The summed E-state index contributed by atoms with van der Waals surface area (Å²) in [5.41, 5.74) is 2.00. The summed E-state index contributed by atoms with van der Waals surface area (Å²) in [5.74, 6) is 0.835. The van der Waals surface area contributed by atoms with Gasteiger partial charge in [-0.25, -0.2) is 0 Å². The number of thioether (sulfide) groups is 1. The van der Waals surface area contributed by atoms with Crippen molar-refractivity contribution >= 4 is 22.7 Å². The number of carbonyl (C=O) groups excluding carboxylic acids is 1. The Hall–Kier alpha value is -2.35. The number of benzene rings is 2. The molecule has 6 nitrogen and oxygen atoms in total. The molecule has 2 aliphatic heterocycles. The number of fused-ring (bicyclic) bond motifs is 1. The number of aryl methyl sites for hydroxylation is 1. The number of rotatable bonds is 8. The summed E-state index contributed by atoms with van der Waals surface area (Å²) in [6, 6.07) is 17.8. The van der Waals surface area contributed by atoms with Crippen molar-refractivity contribution in [1.29, 1.82) is 0 Å². The summed E-state index contributed by atoms with van der Waals surface area (Å²) >= 11 is 1.58. The summed E-state index contributed by atoms with van der Waals surface area (Å²) in [4.78, 5) is 20.1. The average molecular weight is 469 g/mol. The van der Waals surface area contributed by atoms with E-state index in [1.165, 1.54) is 0 Å². The van der Waals surface area contributed by atoms with Crippen LogP contribution in [0, 0.1) is 5.92 Å². The van der Waals surface area contributed by atoms with E-state index in [4.69, 9.17) is 19.2 Å². The summed E-state index contributed by atoms with van der Waals surface area (Å²) in [6.07, 6.45) is 0.403. The maximum absolute atomic E-state index is 13.3. The van der Waals surface area contributed by atoms with Crippen LogP contribution >= 0.6 is 11.8 Å². The lowest BCUT2D eigenvalue weighted by atomic mass is 9.86. The molecule has 0 spiro atoms. The largest absolute Gasteiger partial charge is 0.497 e. The zero-order chi connectivity index (χ0) is 23.4. The zero-order valence-electron chi connectivity index (χ0n) is 19.6. The van der Waals surface area contributed by atoms with Crippen LogP contribution in [0.15, 0.2) is 59.6 Å². The Kier molecular flexibility index (Phi) is 7.73. The lowest BCUT2D eigenvalue weighted by Crippen LogP contribution is -2.53. The van der Waals surface area contributed by atoms with Crippen molar-refractivity contribution in [3.63, 3.8) is 0 Å². The fourth-order valence-electron chi connectivity index (χ4n) is 4.29. The van der Waals surface area contributed by atoms with Crippen LogP contribution in [-0.2, 0) is 27.3 Å². The average Bonchev–Trinajstić information content (AvgIpc) is 3.27. The van der Waals surface area contributed by atoms with Gasteiger partial charge in [0.15, 0.2) is 11.0 Å². The number of carbonyl (C=O) groups is 1. The van der Waals surface area contributed by atoms with Gasteiger partial charge in [0, 0.05) is 26.4 Å². The van der Waals surface area contributed by atoms with Gasteiger partial charge in [0.2, 0.25) is 0 Å². The van der Waals surface area contributed by atoms with E-state index in [0.29, 0.717) is 19.4 Å². The Bertz CT molecular complexity index is 964. The molecule has 2 heterocycles. The topological polar surface area (TPSA) is 60.4 Å². The van der Waals surface area contributed by atoms with Crippen LogP contribution in [0.25, 0.3) is 0 Å². The third kappa shape index (κ3) is 5.60. The van der Waals surface area contributed by atoms with Gasteiger partial charge in [-0.3, -0.25) is 9.79 Å². The molecule has 176 valence electrons. The van der Waals surface area contributed by atoms with Crippen molar-refractivity contribution in [2.45, 2.75) is 50.1 Å². The predicted molar refractivity (Wildman–Crippen MR) is 132 cm³/mol. The molecule has 0 radical (unpaired) electrons. The molecule has 4 rings (SSSR count). The Morgan fingerprint density at radius 3 is 2.48 bits per heavy atom. The van der Waals surface area contributed by atoms with E-state index < -0.39 is 6.10 Å². The van der Waals surface area contributed by atoms with Crippen molar-refractivity contribution in [3.8, 4) is 5.75 Å². The van der Waals surface area contributed by atoms with E-state index in [1.807, 2.05) is 61.5 Å². The minimum absolute atomic E-state index is 0.0933. The van der Waals surface area contributed by atoms with Gasteiger partial charge in [0.05, 0.1) is 19.8 Å². The molecule has 0 aromatic heterocycles. The molecule has 0 unspecified atom stereocenters. The van der Waals surface area contributed by atoms with Crippen LogP contribution in [-0.4, -0.2) is 60.7 Å². The number of ether oxygens (including phenoxy) is 3. The van der Waals surface area contributed by atoms with Crippen LogP contribution in [0.5, 0.6) is 5.75 Å². The molecule has 2 aliphatic rings. The van der Waals surface area contributed by atoms with E-state index in [0.717, 1.165) is 22.0 Å². The van der Waals surface area contributed by atoms with E-state index in [1.54, 1.807) is 18.9 Å². The molecule has 7 heteroatoms. The van der Waals surface area contributed by atoms with Crippen LogP contribution < -0.4 is 4.74 Å². The first-order valence-corrected chi connectivity index (χ1v) is 12.2. The second kappa shape index (κ2) is 10.7. The van der Waals surface area contributed by atoms with Gasteiger partial charge in [0.1, 0.15) is 23.3 Å². The lowest BCUT2D eigenvalue weighted by Gasteiger charge is -2.41. The van der Waals surface area contributed by atoms with Crippen molar-refractivity contribution in [3.05, 3.63) is 65.7 Å². The third-order valence-electron chi connectivity index (χ3n) is 6.18. The molecule has 0 N–H and O–H groups in total. The number of ketones is 1. The highest BCUT2D eigenvalue weighted by Crippen LogP contribution is 2.41. The minimum Gasteiger partial charge on any atom is -0.497 e. The molecule has 0 amide bonds. The number of amidine groups is 1. The Morgan fingerprint density at radius 2 is 1.82 bits per heavy atom. The summed E-state index contributed by atoms with van der Waals surface area (Å²) in [6.45, 7) is 2.54. The van der Waals surface area contributed by atoms with Crippen molar-refractivity contribution in [2.24, 2.45) is 10.9 Å². The van der Waals surface area contributed by atoms with Crippen molar-refractivity contribution < 1.29 is 19.0 Å². The monoisotopic (exact) mass is 468 g/mol. The zero-order valence-corrected chi connectivity index (χ0v) is 20.5. The molecular weight excluding hydrogens is 436 g/mol. The first-order chi connectivity index (χ1) is 16.0. The number of hydrogen-bond acceptors (Lipinski definition) is 7. The van der Waals surface area contributed by atoms with Crippen LogP contribution in [0.2, 0.25) is 0 Å². The third-order valence-corrected chi connectivity index (χ3v) is 7.48. The number of nitrogens with zero attached hydrogens (tertiary/aromatic N) is 2.